The summed E-state index contributed by atoms with van der Waals surface area (Å²) >= 11 is 3.42. The van der Waals surface area contributed by atoms with Gasteiger partial charge in [0.05, 0.1) is 7.11 Å². The lowest BCUT2D eigenvalue weighted by Gasteiger charge is -2.22. The van der Waals surface area contributed by atoms with E-state index in [2.05, 4.69) is 15.9 Å². The molecule has 1 atom stereocenters. The number of hydrogen-bond donors (Lipinski definition) is 0. The van der Waals surface area contributed by atoms with Gasteiger partial charge in [-0.25, -0.2) is 9.45 Å². The Balaban J connectivity index is 2.42. The van der Waals surface area contributed by atoms with Gasteiger partial charge in [-0.1, -0.05) is 34.1 Å². The molecule has 2 rings (SSSR count). The van der Waals surface area contributed by atoms with Gasteiger partial charge in [-0.2, -0.15) is 0 Å². The van der Waals surface area contributed by atoms with Gasteiger partial charge in [-0.05, 0) is 47.9 Å². The van der Waals surface area contributed by atoms with E-state index < -0.39 is 0 Å². The number of amides is 1. The van der Waals surface area contributed by atoms with Gasteiger partial charge < -0.3 is 0 Å². The van der Waals surface area contributed by atoms with E-state index in [1.165, 1.54) is 24.3 Å². The number of benzene rings is 2. The first kappa shape index (κ1) is 17.6. The first-order chi connectivity index (χ1) is 10.9. The van der Waals surface area contributed by atoms with Crippen molar-refractivity contribution in [2.75, 3.05) is 14.2 Å². The Morgan fingerprint density at radius 2 is 1.91 bits per heavy atom. The summed E-state index contributed by atoms with van der Waals surface area (Å²) in [6, 6.07) is 12.5. The number of carbonyl (C=O) groups is 1. The molecule has 0 aromatic heterocycles. The zero-order chi connectivity index (χ0) is 17.0. The SMILES string of the molecule is CON(C)C(=O)CC(c1ccc(Br)cc1)c1ccc(F)cc1C. The summed E-state index contributed by atoms with van der Waals surface area (Å²) in [5.74, 6) is -0.570. The van der Waals surface area contributed by atoms with Gasteiger partial charge in [-0.3, -0.25) is 9.63 Å². The van der Waals surface area contributed by atoms with Gasteiger partial charge >= 0.3 is 0 Å². The number of rotatable bonds is 5. The van der Waals surface area contributed by atoms with Crippen LogP contribution in [0.1, 0.15) is 29.0 Å². The number of hydrogen-bond acceptors (Lipinski definition) is 2. The van der Waals surface area contributed by atoms with E-state index in [1.54, 1.807) is 13.1 Å². The lowest BCUT2D eigenvalue weighted by atomic mass is 9.86. The monoisotopic (exact) mass is 379 g/mol. The molecular weight excluding hydrogens is 361 g/mol. The topological polar surface area (TPSA) is 29.5 Å². The van der Waals surface area contributed by atoms with Crippen molar-refractivity contribution in [3.05, 3.63) is 69.4 Å². The minimum atomic E-state index is -0.277. The fourth-order valence-corrected chi connectivity index (χ4v) is 2.80. The van der Waals surface area contributed by atoms with E-state index in [0.717, 1.165) is 21.2 Å². The molecule has 1 amide bonds. The summed E-state index contributed by atoms with van der Waals surface area (Å²) < 4.78 is 14.4. The van der Waals surface area contributed by atoms with Gasteiger partial charge in [0.15, 0.2) is 0 Å². The Morgan fingerprint density at radius 1 is 1.26 bits per heavy atom. The number of carbonyl (C=O) groups excluding carboxylic acids is 1. The molecule has 0 aliphatic heterocycles. The minimum absolute atomic E-state index is 0.135. The van der Waals surface area contributed by atoms with Crippen LogP contribution in [-0.4, -0.2) is 25.1 Å². The third-order valence-corrected chi connectivity index (χ3v) is 4.41. The number of nitrogens with zero attached hydrogens (tertiary/aromatic N) is 1. The molecule has 5 heteroatoms. The van der Waals surface area contributed by atoms with Crippen molar-refractivity contribution in [1.29, 1.82) is 0 Å². The van der Waals surface area contributed by atoms with Crippen LogP contribution in [0.25, 0.3) is 0 Å². The predicted octanol–water partition coefficient (Wildman–Crippen LogP) is 4.44. The van der Waals surface area contributed by atoms with E-state index in [1.807, 2.05) is 31.2 Å². The lowest BCUT2D eigenvalue weighted by Crippen LogP contribution is -2.27. The molecule has 0 aliphatic rings. The number of aryl methyl sites for hydroxylation is 1. The van der Waals surface area contributed by atoms with E-state index in [4.69, 9.17) is 4.84 Å². The molecule has 122 valence electrons. The minimum Gasteiger partial charge on any atom is -0.275 e. The Hall–Kier alpha value is -1.72. The van der Waals surface area contributed by atoms with Crippen molar-refractivity contribution in [2.45, 2.75) is 19.3 Å². The Morgan fingerprint density at radius 3 is 2.48 bits per heavy atom. The van der Waals surface area contributed by atoms with Crippen molar-refractivity contribution in [1.82, 2.24) is 5.06 Å². The second-order valence-corrected chi connectivity index (χ2v) is 6.30. The van der Waals surface area contributed by atoms with E-state index in [-0.39, 0.29) is 24.1 Å². The Bertz CT molecular complexity index is 688. The fourth-order valence-electron chi connectivity index (χ4n) is 2.54. The zero-order valence-electron chi connectivity index (χ0n) is 13.3. The van der Waals surface area contributed by atoms with Gasteiger partial charge in [0, 0.05) is 23.9 Å². The molecule has 0 fully saturated rings. The van der Waals surface area contributed by atoms with Crippen LogP contribution in [0, 0.1) is 12.7 Å². The zero-order valence-corrected chi connectivity index (χ0v) is 14.9. The van der Waals surface area contributed by atoms with E-state index in [9.17, 15) is 9.18 Å². The van der Waals surface area contributed by atoms with Crippen LogP contribution in [0.3, 0.4) is 0 Å². The first-order valence-electron chi connectivity index (χ1n) is 7.24. The molecule has 2 aromatic rings. The molecule has 0 aliphatic carbocycles. The summed E-state index contributed by atoms with van der Waals surface area (Å²) in [5, 5.41) is 1.21. The molecule has 0 spiro atoms. The molecule has 0 saturated heterocycles. The van der Waals surface area contributed by atoms with Gasteiger partial charge in [0.25, 0.3) is 0 Å². The third-order valence-electron chi connectivity index (χ3n) is 3.88. The fraction of sp³-hybridized carbons (Fsp3) is 0.278. The Labute approximate surface area is 144 Å². The molecule has 1 unspecified atom stereocenters. The van der Waals surface area contributed by atoms with Crippen LogP contribution >= 0.6 is 15.9 Å². The van der Waals surface area contributed by atoms with Gasteiger partial charge in [0.2, 0.25) is 5.91 Å². The van der Waals surface area contributed by atoms with Crippen molar-refractivity contribution >= 4 is 21.8 Å². The summed E-state index contributed by atoms with van der Waals surface area (Å²) in [4.78, 5) is 17.3. The molecule has 0 bridgehead atoms. The number of hydroxylamine groups is 2. The average Bonchev–Trinajstić information content (AvgIpc) is 2.53. The van der Waals surface area contributed by atoms with Gasteiger partial charge in [0.1, 0.15) is 5.82 Å². The van der Waals surface area contributed by atoms with Gasteiger partial charge in [-0.15, -0.1) is 0 Å². The van der Waals surface area contributed by atoms with Crippen molar-refractivity contribution in [2.24, 2.45) is 0 Å². The highest BCUT2D eigenvalue weighted by Gasteiger charge is 2.22. The molecule has 23 heavy (non-hydrogen) atoms. The van der Waals surface area contributed by atoms with Crippen molar-refractivity contribution in [3.63, 3.8) is 0 Å². The smallest absolute Gasteiger partial charge is 0.246 e. The van der Waals surface area contributed by atoms with Crippen LogP contribution in [0.5, 0.6) is 0 Å². The molecular formula is C18H19BrFNO2. The molecule has 3 nitrogen and oxygen atoms in total. The van der Waals surface area contributed by atoms with Crippen LogP contribution in [0.2, 0.25) is 0 Å². The Kier molecular flexibility index (Phi) is 5.91. The maximum atomic E-state index is 13.4. The molecule has 2 aromatic carbocycles. The quantitative estimate of drug-likeness (QED) is 0.718. The lowest BCUT2D eigenvalue weighted by molar-refractivity contribution is -0.168. The maximum absolute atomic E-state index is 13.4. The summed E-state index contributed by atoms with van der Waals surface area (Å²) in [6.07, 6.45) is 0.248. The second-order valence-electron chi connectivity index (χ2n) is 5.38. The summed E-state index contributed by atoms with van der Waals surface area (Å²) in [7, 11) is 3.04. The number of halogens is 2. The highest BCUT2D eigenvalue weighted by molar-refractivity contribution is 9.10. The van der Waals surface area contributed by atoms with Crippen LogP contribution in [0.4, 0.5) is 4.39 Å². The van der Waals surface area contributed by atoms with E-state index in [0.29, 0.717) is 0 Å². The summed E-state index contributed by atoms with van der Waals surface area (Å²) in [6.45, 7) is 1.86. The van der Waals surface area contributed by atoms with E-state index >= 15 is 0 Å². The van der Waals surface area contributed by atoms with Crippen LogP contribution < -0.4 is 0 Å². The second kappa shape index (κ2) is 7.70. The van der Waals surface area contributed by atoms with Crippen molar-refractivity contribution < 1.29 is 14.0 Å². The molecule has 0 saturated carbocycles. The highest BCUT2D eigenvalue weighted by Crippen LogP contribution is 2.32. The predicted molar refractivity (Wildman–Crippen MR) is 91.5 cm³/mol. The van der Waals surface area contributed by atoms with Crippen LogP contribution in [0.15, 0.2) is 46.9 Å². The first-order valence-corrected chi connectivity index (χ1v) is 8.04. The largest absolute Gasteiger partial charge is 0.275 e. The molecule has 0 radical (unpaired) electrons. The maximum Gasteiger partial charge on any atom is 0.246 e. The molecule has 0 heterocycles. The summed E-state index contributed by atoms with van der Waals surface area (Å²) in [5.41, 5.74) is 2.76. The van der Waals surface area contributed by atoms with Crippen LogP contribution in [-0.2, 0) is 9.63 Å². The van der Waals surface area contributed by atoms with Crippen molar-refractivity contribution in [3.8, 4) is 0 Å². The highest BCUT2D eigenvalue weighted by atomic mass is 79.9. The average molecular weight is 380 g/mol. The normalized spacial score (nSPS) is 12.0. The standard InChI is InChI=1S/C18H19BrFNO2/c1-12-10-15(20)8-9-16(12)17(11-18(22)21(2)23-3)13-4-6-14(19)7-5-13/h4-10,17H,11H2,1-3H3. The molecule has 0 N–H and O–H groups in total. The third kappa shape index (κ3) is 4.39.